The number of aromatic nitrogens is 3. The van der Waals surface area contributed by atoms with Crippen LogP contribution in [0.3, 0.4) is 0 Å². The van der Waals surface area contributed by atoms with Crippen molar-refractivity contribution in [2.24, 2.45) is 0 Å². The molecule has 0 amide bonds. The van der Waals surface area contributed by atoms with Crippen molar-refractivity contribution in [3.8, 4) is 0 Å². The summed E-state index contributed by atoms with van der Waals surface area (Å²) in [6, 6.07) is 10.5. The van der Waals surface area contributed by atoms with Crippen molar-refractivity contribution >= 4 is 45.3 Å². The predicted octanol–water partition coefficient (Wildman–Crippen LogP) is 4.91. The summed E-state index contributed by atoms with van der Waals surface area (Å²) in [5, 5.41) is 1.97. The zero-order valence-electron chi connectivity index (χ0n) is 12.5. The second-order valence-corrected chi connectivity index (χ2v) is 7.17. The van der Waals surface area contributed by atoms with Gasteiger partial charge in [0.15, 0.2) is 5.16 Å². The number of fused-ring (bicyclic) bond motifs is 1. The summed E-state index contributed by atoms with van der Waals surface area (Å²) >= 11 is 3.93. The Morgan fingerprint density at radius 2 is 1.73 bits per heavy atom. The van der Waals surface area contributed by atoms with E-state index in [1.54, 1.807) is 11.8 Å². The number of rotatable bonds is 4. The number of aryl methyl sites for hydroxylation is 2. The highest BCUT2D eigenvalue weighted by atomic mass is 127. The Morgan fingerprint density at radius 3 is 2.41 bits per heavy atom. The number of hydrogen-bond donors (Lipinski definition) is 0. The number of pyridine rings is 1. The van der Waals surface area contributed by atoms with Gasteiger partial charge in [0.1, 0.15) is 0 Å². The molecule has 0 saturated carbocycles. The fraction of sp³-hybridized carbons (Fsp3) is 0.235. The number of benzene rings is 1. The minimum atomic E-state index is 0.822. The molecule has 0 saturated heterocycles. The van der Waals surface area contributed by atoms with E-state index >= 15 is 0 Å². The molecule has 1 aromatic carbocycles. The van der Waals surface area contributed by atoms with E-state index in [4.69, 9.17) is 0 Å². The van der Waals surface area contributed by atoms with Crippen LogP contribution < -0.4 is 0 Å². The lowest BCUT2D eigenvalue weighted by atomic mass is 10.2. The molecule has 0 fully saturated rings. The van der Waals surface area contributed by atoms with Crippen LogP contribution in [0.15, 0.2) is 46.6 Å². The van der Waals surface area contributed by atoms with Crippen LogP contribution in [0.2, 0.25) is 0 Å². The first-order valence-electron chi connectivity index (χ1n) is 7.28. The molecular weight excluding hydrogens is 405 g/mol. The van der Waals surface area contributed by atoms with E-state index in [0.29, 0.717) is 0 Å². The summed E-state index contributed by atoms with van der Waals surface area (Å²) in [7, 11) is 0. The average molecular weight is 421 g/mol. The largest absolute Gasteiger partial charge is 0.256 e. The molecule has 22 heavy (non-hydrogen) atoms. The normalized spacial score (nSPS) is 11.0. The summed E-state index contributed by atoms with van der Waals surface area (Å²) in [6.45, 7) is 4.25. The third-order valence-electron chi connectivity index (χ3n) is 3.40. The van der Waals surface area contributed by atoms with Crippen LogP contribution in [0.1, 0.15) is 25.2 Å². The molecule has 0 aliphatic heterocycles. The lowest BCUT2D eigenvalue weighted by molar-refractivity contribution is 0.840. The van der Waals surface area contributed by atoms with Crippen molar-refractivity contribution in [2.45, 2.75) is 36.7 Å². The molecule has 3 nitrogen and oxygen atoms in total. The summed E-state index contributed by atoms with van der Waals surface area (Å²) in [4.78, 5) is 14.9. The lowest BCUT2D eigenvalue weighted by Gasteiger charge is -2.08. The van der Waals surface area contributed by atoms with Gasteiger partial charge in [0.05, 0.1) is 5.52 Å². The maximum absolute atomic E-state index is 4.65. The molecule has 5 heteroatoms. The summed E-state index contributed by atoms with van der Waals surface area (Å²) in [5.41, 5.74) is 3.21. The maximum atomic E-state index is 4.65. The zero-order chi connectivity index (χ0) is 15.5. The lowest BCUT2D eigenvalue weighted by Crippen LogP contribution is -1.98. The second kappa shape index (κ2) is 6.91. The van der Waals surface area contributed by atoms with Gasteiger partial charge in [-0.15, -0.1) is 0 Å². The van der Waals surface area contributed by atoms with Crippen molar-refractivity contribution in [3.63, 3.8) is 0 Å². The minimum absolute atomic E-state index is 0.822. The monoisotopic (exact) mass is 421 g/mol. The summed E-state index contributed by atoms with van der Waals surface area (Å²) in [6.07, 6.45) is 3.71. The highest BCUT2D eigenvalue weighted by molar-refractivity contribution is 14.1. The standard InChI is InChI=1S/C17H16IN3S/c1-3-12-10-13(4-2)21-17(20-12)22-16-7-8-19-15-9-11(18)5-6-14(15)16/h5-10H,3-4H2,1-2H3. The van der Waals surface area contributed by atoms with Crippen molar-refractivity contribution in [2.75, 3.05) is 0 Å². The molecule has 0 aliphatic rings. The summed E-state index contributed by atoms with van der Waals surface area (Å²) in [5.74, 6) is 0. The fourth-order valence-electron chi connectivity index (χ4n) is 2.22. The molecule has 0 atom stereocenters. The van der Waals surface area contributed by atoms with Gasteiger partial charge in [-0.25, -0.2) is 9.97 Å². The molecule has 0 radical (unpaired) electrons. The highest BCUT2D eigenvalue weighted by Gasteiger charge is 2.08. The van der Waals surface area contributed by atoms with E-state index in [-0.39, 0.29) is 0 Å². The van der Waals surface area contributed by atoms with E-state index in [0.717, 1.165) is 45.2 Å². The van der Waals surface area contributed by atoms with Gasteiger partial charge in [0.25, 0.3) is 0 Å². The minimum Gasteiger partial charge on any atom is -0.256 e. The van der Waals surface area contributed by atoms with Crippen molar-refractivity contribution in [1.29, 1.82) is 0 Å². The SMILES string of the molecule is CCc1cc(CC)nc(Sc2ccnc3cc(I)ccc23)n1. The molecule has 0 N–H and O–H groups in total. The van der Waals surface area contributed by atoms with Crippen LogP contribution in [0.5, 0.6) is 0 Å². The van der Waals surface area contributed by atoms with E-state index in [9.17, 15) is 0 Å². The molecule has 3 aromatic rings. The smallest absolute Gasteiger partial charge is 0.192 e. The van der Waals surface area contributed by atoms with Gasteiger partial charge in [-0.3, -0.25) is 4.98 Å². The third-order valence-corrected chi connectivity index (χ3v) is 5.01. The predicted molar refractivity (Wildman–Crippen MR) is 99.4 cm³/mol. The van der Waals surface area contributed by atoms with Crippen LogP contribution in [0, 0.1) is 3.57 Å². The fourth-order valence-corrected chi connectivity index (χ4v) is 3.63. The first kappa shape index (κ1) is 15.7. The Balaban J connectivity index is 2.03. The Labute approximate surface area is 148 Å². The first-order valence-corrected chi connectivity index (χ1v) is 9.18. The van der Waals surface area contributed by atoms with Crippen molar-refractivity contribution in [3.05, 3.63) is 51.5 Å². The Morgan fingerprint density at radius 1 is 1.00 bits per heavy atom. The van der Waals surface area contributed by atoms with Crippen LogP contribution in [-0.2, 0) is 12.8 Å². The zero-order valence-corrected chi connectivity index (χ0v) is 15.5. The Kier molecular flexibility index (Phi) is 4.93. The average Bonchev–Trinajstić information content (AvgIpc) is 2.54. The molecule has 2 heterocycles. The second-order valence-electron chi connectivity index (χ2n) is 4.91. The first-order chi connectivity index (χ1) is 10.7. The Bertz CT molecular complexity index is 798. The highest BCUT2D eigenvalue weighted by Crippen LogP contribution is 2.31. The third kappa shape index (κ3) is 3.41. The molecule has 2 aromatic heterocycles. The van der Waals surface area contributed by atoms with Crippen LogP contribution >= 0.6 is 34.4 Å². The molecule has 112 valence electrons. The van der Waals surface area contributed by atoms with Gasteiger partial charge in [-0.2, -0.15) is 0 Å². The van der Waals surface area contributed by atoms with Gasteiger partial charge in [-0.1, -0.05) is 19.9 Å². The molecule has 0 aliphatic carbocycles. The van der Waals surface area contributed by atoms with Crippen LogP contribution in [0.25, 0.3) is 10.9 Å². The van der Waals surface area contributed by atoms with E-state index in [1.165, 1.54) is 3.57 Å². The molecule has 3 rings (SSSR count). The summed E-state index contributed by atoms with van der Waals surface area (Å²) < 4.78 is 1.19. The van der Waals surface area contributed by atoms with Gasteiger partial charge >= 0.3 is 0 Å². The Hall–Kier alpha value is -1.21. The van der Waals surface area contributed by atoms with Crippen LogP contribution in [-0.4, -0.2) is 15.0 Å². The number of hydrogen-bond acceptors (Lipinski definition) is 4. The van der Waals surface area contributed by atoms with Gasteiger partial charge < -0.3 is 0 Å². The van der Waals surface area contributed by atoms with Crippen molar-refractivity contribution in [1.82, 2.24) is 15.0 Å². The van der Waals surface area contributed by atoms with Gasteiger partial charge in [-0.05, 0) is 71.5 Å². The molecule has 0 spiro atoms. The van der Waals surface area contributed by atoms with Crippen molar-refractivity contribution < 1.29 is 0 Å². The van der Waals surface area contributed by atoms with Gasteiger partial charge in [0.2, 0.25) is 0 Å². The number of halogens is 1. The number of nitrogens with zero attached hydrogens (tertiary/aromatic N) is 3. The maximum Gasteiger partial charge on any atom is 0.192 e. The van der Waals surface area contributed by atoms with E-state index in [1.807, 2.05) is 12.3 Å². The molecule has 0 unspecified atom stereocenters. The van der Waals surface area contributed by atoms with Crippen LogP contribution in [0.4, 0.5) is 0 Å². The topological polar surface area (TPSA) is 38.7 Å². The van der Waals surface area contributed by atoms with E-state index in [2.05, 4.69) is 75.7 Å². The quantitative estimate of drug-likeness (QED) is 0.444. The van der Waals surface area contributed by atoms with Gasteiger partial charge in [0, 0.05) is 31.4 Å². The molecule has 0 bridgehead atoms. The molecular formula is C17H16IN3S. The van der Waals surface area contributed by atoms with E-state index < -0.39 is 0 Å².